The van der Waals surface area contributed by atoms with Gasteiger partial charge < -0.3 is 9.26 Å². The third-order valence-corrected chi connectivity index (χ3v) is 2.05. The highest BCUT2D eigenvalue weighted by Gasteiger charge is 2.00. The molecular weight excluding hydrogens is 190 g/mol. The lowest BCUT2D eigenvalue weighted by molar-refractivity contribution is 0.314. The predicted octanol–water partition coefficient (Wildman–Crippen LogP) is 2.60. The van der Waals surface area contributed by atoms with Gasteiger partial charge in [-0.05, 0) is 19.1 Å². The van der Waals surface area contributed by atoms with E-state index >= 15 is 0 Å². The Labute approximate surface area is 88.7 Å². The van der Waals surface area contributed by atoms with Crippen molar-refractivity contribution in [1.82, 2.24) is 5.16 Å². The minimum absolute atomic E-state index is 0.621. The van der Waals surface area contributed by atoms with Crippen LogP contribution in [0.3, 0.4) is 0 Å². The summed E-state index contributed by atoms with van der Waals surface area (Å²) in [6.07, 6.45) is 0.770. The highest BCUT2D eigenvalue weighted by atomic mass is 16.5. The number of benzene rings is 1. The van der Waals surface area contributed by atoms with E-state index in [2.05, 4.69) is 5.16 Å². The van der Waals surface area contributed by atoms with Crippen molar-refractivity contribution in [2.45, 2.75) is 13.3 Å². The van der Waals surface area contributed by atoms with Crippen LogP contribution in [0.5, 0.6) is 5.75 Å². The van der Waals surface area contributed by atoms with Crippen molar-refractivity contribution < 1.29 is 9.26 Å². The van der Waals surface area contributed by atoms with Crippen molar-refractivity contribution in [2.24, 2.45) is 0 Å². The van der Waals surface area contributed by atoms with Crippen LogP contribution in [0.25, 0.3) is 0 Å². The van der Waals surface area contributed by atoms with Crippen molar-refractivity contribution in [2.75, 3.05) is 6.61 Å². The molecule has 2 rings (SSSR count). The molecule has 0 N–H and O–H groups in total. The quantitative estimate of drug-likeness (QED) is 0.766. The Hall–Kier alpha value is -1.77. The van der Waals surface area contributed by atoms with Gasteiger partial charge in [0.15, 0.2) is 0 Å². The zero-order valence-corrected chi connectivity index (χ0v) is 8.64. The monoisotopic (exact) mass is 203 g/mol. The number of ether oxygens (including phenoxy) is 1. The normalized spacial score (nSPS) is 10.2. The molecule has 0 aliphatic heterocycles. The van der Waals surface area contributed by atoms with Gasteiger partial charge in [0.2, 0.25) is 0 Å². The molecule has 0 amide bonds. The second-order valence-electron chi connectivity index (χ2n) is 3.34. The molecule has 0 saturated carbocycles. The predicted molar refractivity (Wildman–Crippen MR) is 56.9 cm³/mol. The molecule has 78 valence electrons. The summed E-state index contributed by atoms with van der Waals surface area (Å²) in [5.41, 5.74) is 0.934. The SMILES string of the molecule is Cc1cc(CCOc2ccccc2)no1. The van der Waals surface area contributed by atoms with Gasteiger partial charge in [0.25, 0.3) is 0 Å². The summed E-state index contributed by atoms with van der Waals surface area (Å²) in [5.74, 6) is 1.72. The van der Waals surface area contributed by atoms with E-state index in [-0.39, 0.29) is 0 Å². The fourth-order valence-electron chi connectivity index (χ4n) is 1.33. The van der Waals surface area contributed by atoms with Crippen LogP contribution < -0.4 is 4.74 Å². The van der Waals surface area contributed by atoms with Gasteiger partial charge in [-0.1, -0.05) is 23.4 Å². The van der Waals surface area contributed by atoms with E-state index in [0.29, 0.717) is 6.61 Å². The van der Waals surface area contributed by atoms with Gasteiger partial charge in [-0.3, -0.25) is 0 Å². The van der Waals surface area contributed by atoms with E-state index in [0.717, 1.165) is 23.6 Å². The topological polar surface area (TPSA) is 35.3 Å². The van der Waals surface area contributed by atoms with Crippen LogP contribution in [0.1, 0.15) is 11.5 Å². The molecule has 2 aromatic rings. The molecule has 0 unspecified atom stereocenters. The van der Waals surface area contributed by atoms with Gasteiger partial charge >= 0.3 is 0 Å². The first-order valence-corrected chi connectivity index (χ1v) is 4.94. The molecule has 1 heterocycles. The van der Waals surface area contributed by atoms with Gasteiger partial charge in [0, 0.05) is 12.5 Å². The Morgan fingerprint density at radius 2 is 2.07 bits per heavy atom. The van der Waals surface area contributed by atoms with Gasteiger partial charge in [-0.25, -0.2) is 0 Å². The van der Waals surface area contributed by atoms with Gasteiger partial charge in [-0.15, -0.1) is 0 Å². The van der Waals surface area contributed by atoms with Crippen LogP contribution >= 0.6 is 0 Å². The maximum atomic E-state index is 5.54. The van der Waals surface area contributed by atoms with E-state index in [4.69, 9.17) is 9.26 Å². The molecule has 3 nitrogen and oxygen atoms in total. The van der Waals surface area contributed by atoms with Gasteiger partial charge in [-0.2, -0.15) is 0 Å². The van der Waals surface area contributed by atoms with Crippen LogP contribution in [-0.4, -0.2) is 11.8 Å². The van der Waals surface area contributed by atoms with E-state index in [9.17, 15) is 0 Å². The lowest BCUT2D eigenvalue weighted by atomic mass is 10.3. The average molecular weight is 203 g/mol. The highest BCUT2D eigenvalue weighted by Crippen LogP contribution is 2.09. The summed E-state index contributed by atoms with van der Waals surface area (Å²) in [7, 11) is 0. The first-order chi connectivity index (χ1) is 7.34. The maximum absolute atomic E-state index is 5.54. The Morgan fingerprint density at radius 3 is 2.73 bits per heavy atom. The first kappa shape index (κ1) is 9.77. The minimum Gasteiger partial charge on any atom is -0.493 e. The zero-order valence-electron chi connectivity index (χ0n) is 8.64. The summed E-state index contributed by atoms with van der Waals surface area (Å²) in [4.78, 5) is 0. The van der Waals surface area contributed by atoms with Crippen LogP contribution in [0.15, 0.2) is 40.9 Å². The van der Waals surface area contributed by atoms with Crippen molar-refractivity contribution in [1.29, 1.82) is 0 Å². The number of rotatable bonds is 4. The van der Waals surface area contributed by atoms with Crippen LogP contribution in [0, 0.1) is 6.92 Å². The molecule has 0 atom stereocenters. The summed E-state index contributed by atoms with van der Waals surface area (Å²) in [6.45, 7) is 2.50. The largest absolute Gasteiger partial charge is 0.493 e. The first-order valence-electron chi connectivity index (χ1n) is 4.94. The Bertz CT molecular complexity index is 409. The Kier molecular flexibility index (Phi) is 3.02. The molecule has 0 radical (unpaired) electrons. The summed E-state index contributed by atoms with van der Waals surface area (Å²) in [5, 5.41) is 3.89. The second-order valence-corrected chi connectivity index (χ2v) is 3.34. The third-order valence-electron chi connectivity index (χ3n) is 2.05. The lowest BCUT2D eigenvalue weighted by Crippen LogP contribution is -2.01. The average Bonchev–Trinajstić information content (AvgIpc) is 2.66. The van der Waals surface area contributed by atoms with Crippen LogP contribution in [-0.2, 0) is 6.42 Å². The Balaban J connectivity index is 1.80. The van der Waals surface area contributed by atoms with Gasteiger partial charge in [0.1, 0.15) is 11.5 Å². The molecule has 1 aromatic heterocycles. The third kappa shape index (κ3) is 2.84. The number of nitrogens with zero attached hydrogens (tertiary/aromatic N) is 1. The zero-order chi connectivity index (χ0) is 10.5. The fraction of sp³-hybridized carbons (Fsp3) is 0.250. The van der Waals surface area contributed by atoms with Crippen molar-refractivity contribution in [3.63, 3.8) is 0 Å². The van der Waals surface area contributed by atoms with Crippen molar-refractivity contribution in [3.8, 4) is 5.75 Å². The number of aromatic nitrogens is 1. The Morgan fingerprint density at radius 1 is 1.27 bits per heavy atom. The number of aryl methyl sites for hydroxylation is 1. The van der Waals surface area contributed by atoms with Gasteiger partial charge in [0.05, 0.1) is 12.3 Å². The fourth-order valence-corrected chi connectivity index (χ4v) is 1.33. The van der Waals surface area contributed by atoms with E-state index in [1.165, 1.54) is 0 Å². The maximum Gasteiger partial charge on any atom is 0.133 e. The number of hydrogen-bond acceptors (Lipinski definition) is 3. The lowest BCUT2D eigenvalue weighted by Gasteiger charge is -2.03. The summed E-state index contributed by atoms with van der Waals surface area (Å²) >= 11 is 0. The molecule has 0 bridgehead atoms. The second kappa shape index (κ2) is 4.64. The minimum atomic E-state index is 0.621. The van der Waals surface area contributed by atoms with Crippen LogP contribution in [0.4, 0.5) is 0 Å². The molecule has 15 heavy (non-hydrogen) atoms. The smallest absolute Gasteiger partial charge is 0.133 e. The molecule has 0 spiro atoms. The summed E-state index contributed by atoms with van der Waals surface area (Å²) < 4.78 is 10.5. The number of para-hydroxylation sites is 1. The molecule has 0 aliphatic rings. The van der Waals surface area contributed by atoms with E-state index < -0.39 is 0 Å². The molecular formula is C12H13NO2. The number of hydrogen-bond donors (Lipinski definition) is 0. The molecule has 0 aliphatic carbocycles. The van der Waals surface area contributed by atoms with Crippen LogP contribution in [0.2, 0.25) is 0 Å². The van der Waals surface area contributed by atoms with E-state index in [1.807, 2.05) is 43.3 Å². The van der Waals surface area contributed by atoms with Crippen molar-refractivity contribution >= 4 is 0 Å². The molecule has 0 fully saturated rings. The molecule has 3 heteroatoms. The molecule has 0 saturated heterocycles. The van der Waals surface area contributed by atoms with Crippen molar-refractivity contribution in [3.05, 3.63) is 47.9 Å². The summed E-state index contributed by atoms with van der Waals surface area (Å²) in [6, 6.07) is 11.7. The molecule has 1 aromatic carbocycles. The standard InChI is InChI=1S/C12H13NO2/c1-10-9-11(13-15-10)7-8-14-12-5-3-2-4-6-12/h2-6,9H,7-8H2,1H3. The highest BCUT2D eigenvalue weighted by molar-refractivity contribution is 5.20. The van der Waals surface area contributed by atoms with E-state index in [1.54, 1.807) is 0 Å².